The van der Waals surface area contributed by atoms with Crippen molar-refractivity contribution in [1.82, 2.24) is 10.3 Å². The molecule has 4 heteroatoms. The van der Waals surface area contributed by atoms with Gasteiger partial charge >= 0.3 is 0 Å². The Morgan fingerprint density at radius 1 is 1.11 bits per heavy atom. The average molecular weight is 439 g/mol. The van der Waals surface area contributed by atoms with E-state index in [0.717, 1.165) is 46.0 Å². The van der Waals surface area contributed by atoms with Gasteiger partial charge in [0.1, 0.15) is 0 Å². The molecule has 1 unspecified atom stereocenters. The number of unbranched alkanes of at least 4 members (excludes halogenated alkanes) is 1. The van der Waals surface area contributed by atoms with E-state index in [2.05, 4.69) is 35.1 Å². The van der Waals surface area contributed by atoms with Crippen molar-refractivity contribution in [3.05, 3.63) is 64.6 Å². The zero-order chi connectivity index (χ0) is 19.9. The maximum atomic E-state index is 13.1. The molecule has 0 aliphatic rings. The first-order valence-corrected chi connectivity index (χ1v) is 10.9. The second kappa shape index (κ2) is 9.83. The van der Waals surface area contributed by atoms with Crippen LogP contribution in [0.1, 0.15) is 49.9 Å². The second-order valence-electron chi connectivity index (χ2n) is 7.21. The fraction of sp³-hybridized carbons (Fsp3) is 0.333. The van der Waals surface area contributed by atoms with Gasteiger partial charge in [-0.05, 0) is 36.6 Å². The fourth-order valence-corrected chi connectivity index (χ4v) is 3.83. The number of nitrogens with zero attached hydrogens (tertiary/aromatic N) is 1. The van der Waals surface area contributed by atoms with Gasteiger partial charge in [-0.15, -0.1) is 0 Å². The maximum absolute atomic E-state index is 13.1. The topological polar surface area (TPSA) is 42.0 Å². The van der Waals surface area contributed by atoms with Gasteiger partial charge in [0.25, 0.3) is 5.91 Å². The van der Waals surface area contributed by atoms with Crippen molar-refractivity contribution >= 4 is 32.7 Å². The second-order valence-corrected chi connectivity index (χ2v) is 8.12. The van der Waals surface area contributed by atoms with E-state index < -0.39 is 0 Å². The summed E-state index contributed by atoms with van der Waals surface area (Å²) in [5.74, 6) is 0.506. The lowest BCUT2D eigenvalue weighted by molar-refractivity contribution is 0.0947. The summed E-state index contributed by atoms with van der Waals surface area (Å²) in [5, 5.41) is 4.05. The van der Waals surface area contributed by atoms with Gasteiger partial charge in [-0.1, -0.05) is 79.4 Å². The highest BCUT2D eigenvalue weighted by atomic mass is 79.9. The number of halogens is 1. The van der Waals surface area contributed by atoms with Crippen molar-refractivity contribution in [3.63, 3.8) is 0 Å². The number of fused-ring (bicyclic) bond motifs is 1. The molecule has 2 aromatic carbocycles. The molecule has 28 heavy (non-hydrogen) atoms. The van der Waals surface area contributed by atoms with Gasteiger partial charge in [-0.25, -0.2) is 4.98 Å². The van der Waals surface area contributed by atoms with Crippen molar-refractivity contribution in [1.29, 1.82) is 0 Å². The summed E-state index contributed by atoms with van der Waals surface area (Å²) in [4.78, 5) is 17.8. The minimum absolute atomic E-state index is 0.0233. The van der Waals surface area contributed by atoms with Crippen LogP contribution in [-0.2, 0) is 0 Å². The Morgan fingerprint density at radius 3 is 2.68 bits per heavy atom. The molecule has 3 rings (SSSR count). The summed E-state index contributed by atoms with van der Waals surface area (Å²) in [6.45, 7) is 5.12. The van der Waals surface area contributed by atoms with E-state index in [1.165, 1.54) is 12.8 Å². The van der Waals surface area contributed by atoms with Gasteiger partial charge < -0.3 is 5.32 Å². The standard InChI is InChI=1S/C24H27BrN2O/c1-3-5-9-17(4-2)16-26-24(28)21-15-23(18-10-8-11-19(25)14-18)27-22-13-7-6-12-20(21)22/h6-8,10-15,17H,3-5,9,16H2,1-2H3,(H,26,28). The number of pyridine rings is 1. The molecule has 0 saturated carbocycles. The number of carbonyl (C=O) groups excluding carboxylic acids is 1. The first kappa shape index (κ1) is 20.5. The van der Waals surface area contributed by atoms with Crippen molar-refractivity contribution in [3.8, 4) is 11.3 Å². The van der Waals surface area contributed by atoms with Crippen LogP contribution in [0.4, 0.5) is 0 Å². The molecule has 0 spiro atoms. The lowest BCUT2D eigenvalue weighted by Gasteiger charge is -2.16. The highest BCUT2D eigenvalue weighted by Crippen LogP contribution is 2.27. The van der Waals surface area contributed by atoms with Crippen molar-refractivity contribution in [2.24, 2.45) is 5.92 Å². The molecule has 0 bridgehead atoms. The van der Waals surface area contributed by atoms with Crippen LogP contribution in [0.5, 0.6) is 0 Å². The molecule has 0 aliphatic carbocycles. The minimum Gasteiger partial charge on any atom is -0.352 e. The molecule has 0 radical (unpaired) electrons. The summed E-state index contributed by atoms with van der Waals surface area (Å²) < 4.78 is 0.993. The normalized spacial score (nSPS) is 12.1. The highest BCUT2D eigenvalue weighted by molar-refractivity contribution is 9.10. The van der Waals surface area contributed by atoms with E-state index in [0.29, 0.717) is 11.5 Å². The SMILES string of the molecule is CCCCC(CC)CNC(=O)c1cc(-c2cccc(Br)c2)nc2ccccc12. The number of benzene rings is 2. The smallest absolute Gasteiger partial charge is 0.252 e. The number of para-hydroxylation sites is 1. The van der Waals surface area contributed by atoms with E-state index in [4.69, 9.17) is 4.98 Å². The Morgan fingerprint density at radius 2 is 1.93 bits per heavy atom. The summed E-state index contributed by atoms with van der Waals surface area (Å²) >= 11 is 3.52. The summed E-state index contributed by atoms with van der Waals surface area (Å²) in [7, 11) is 0. The number of rotatable bonds is 8. The summed E-state index contributed by atoms with van der Waals surface area (Å²) in [6, 6.07) is 17.8. The van der Waals surface area contributed by atoms with Crippen LogP contribution in [0.25, 0.3) is 22.2 Å². The van der Waals surface area contributed by atoms with Crippen LogP contribution in [-0.4, -0.2) is 17.4 Å². The molecule has 0 fully saturated rings. The first-order valence-electron chi connectivity index (χ1n) is 10.1. The Labute approximate surface area is 175 Å². The third-order valence-electron chi connectivity index (χ3n) is 5.18. The molecule has 1 amide bonds. The Balaban J connectivity index is 1.91. The molecule has 146 valence electrons. The van der Waals surface area contributed by atoms with E-state index in [1.54, 1.807) is 0 Å². The Hall–Kier alpha value is -2.20. The molecule has 1 heterocycles. The fourth-order valence-electron chi connectivity index (χ4n) is 3.43. The van der Waals surface area contributed by atoms with E-state index >= 15 is 0 Å². The summed E-state index contributed by atoms with van der Waals surface area (Å²) in [6.07, 6.45) is 4.64. The van der Waals surface area contributed by atoms with E-state index in [1.807, 2.05) is 54.6 Å². The van der Waals surface area contributed by atoms with Crippen molar-refractivity contribution < 1.29 is 4.79 Å². The number of aromatic nitrogens is 1. The van der Waals surface area contributed by atoms with Crippen LogP contribution in [0.15, 0.2) is 59.1 Å². The Bertz CT molecular complexity index is 954. The monoisotopic (exact) mass is 438 g/mol. The van der Waals surface area contributed by atoms with Gasteiger partial charge in [-0.2, -0.15) is 0 Å². The minimum atomic E-state index is -0.0233. The van der Waals surface area contributed by atoms with Crippen LogP contribution < -0.4 is 5.32 Å². The molecular formula is C24H27BrN2O. The lowest BCUT2D eigenvalue weighted by atomic mass is 9.99. The van der Waals surface area contributed by atoms with Crippen molar-refractivity contribution in [2.45, 2.75) is 39.5 Å². The van der Waals surface area contributed by atoms with E-state index in [9.17, 15) is 4.79 Å². The number of hydrogen-bond donors (Lipinski definition) is 1. The molecule has 0 aliphatic heterocycles. The predicted molar refractivity (Wildman–Crippen MR) is 121 cm³/mol. The Kier molecular flexibility index (Phi) is 7.21. The maximum Gasteiger partial charge on any atom is 0.252 e. The lowest BCUT2D eigenvalue weighted by Crippen LogP contribution is -2.29. The number of hydrogen-bond acceptors (Lipinski definition) is 2. The van der Waals surface area contributed by atoms with Crippen LogP contribution >= 0.6 is 15.9 Å². The largest absolute Gasteiger partial charge is 0.352 e. The van der Waals surface area contributed by atoms with Gasteiger partial charge in [0.2, 0.25) is 0 Å². The number of nitrogens with one attached hydrogen (secondary N) is 1. The summed E-state index contributed by atoms with van der Waals surface area (Å²) in [5.41, 5.74) is 3.32. The van der Waals surface area contributed by atoms with Gasteiger partial charge in [0, 0.05) is 22.0 Å². The number of carbonyl (C=O) groups is 1. The van der Waals surface area contributed by atoms with Crippen molar-refractivity contribution in [2.75, 3.05) is 6.54 Å². The molecular weight excluding hydrogens is 412 g/mol. The van der Waals surface area contributed by atoms with Crippen LogP contribution in [0, 0.1) is 5.92 Å². The zero-order valence-corrected chi connectivity index (χ0v) is 18.1. The molecule has 1 aromatic heterocycles. The van der Waals surface area contributed by atoms with Crippen LogP contribution in [0.3, 0.4) is 0 Å². The van der Waals surface area contributed by atoms with Crippen LogP contribution in [0.2, 0.25) is 0 Å². The van der Waals surface area contributed by atoms with Gasteiger partial charge in [0.05, 0.1) is 16.8 Å². The van der Waals surface area contributed by atoms with E-state index in [-0.39, 0.29) is 5.91 Å². The quantitative estimate of drug-likeness (QED) is 0.429. The molecule has 1 N–H and O–H groups in total. The third kappa shape index (κ3) is 4.99. The molecule has 3 aromatic rings. The predicted octanol–water partition coefficient (Wildman–Crippen LogP) is 6.61. The van der Waals surface area contributed by atoms with Gasteiger partial charge in [0.15, 0.2) is 0 Å². The third-order valence-corrected chi connectivity index (χ3v) is 5.67. The van der Waals surface area contributed by atoms with Gasteiger partial charge in [-0.3, -0.25) is 4.79 Å². The first-order chi connectivity index (χ1) is 13.6. The molecule has 3 nitrogen and oxygen atoms in total. The number of amides is 1. The average Bonchev–Trinajstić information content (AvgIpc) is 2.73. The molecule has 1 atom stereocenters. The highest BCUT2D eigenvalue weighted by Gasteiger charge is 2.15. The zero-order valence-electron chi connectivity index (χ0n) is 16.5. The molecule has 0 saturated heterocycles.